The Labute approximate surface area is 209 Å². The van der Waals surface area contributed by atoms with Crippen LogP contribution in [-0.2, 0) is 16.1 Å². The Morgan fingerprint density at radius 1 is 1.28 bits per heavy atom. The average molecular weight is 500 g/mol. The molecule has 0 aromatic carbocycles. The molecule has 11 heteroatoms. The lowest BCUT2D eigenvalue weighted by Gasteiger charge is -2.38. The molecule has 3 aromatic rings. The van der Waals surface area contributed by atoms with Crippen LogP contribution in [0.15, 0.2) is 24.5 Å². The highest BCUT2D eigenvalue weighted by Gasteiger charge is 2.38. The predicted molar refractivity (Wildman–Crippen MR) is 134 cm³/mol. The van der Waals surface area contributed by atoms with E-state index in [0.717, 1.165) is 42.7 Å². The zero-order valence-corrected chi connectivity index (χ0v) is 21.0. The monoisotopic (exact) mass is 499 g/mol. The lowest BCUT2D eigenvalue weighted by atomic mass is 9.92. The standard InChI is InChI=1S/C25H34FN7O3/c1-16(2)33-18-12-21(28-13-17(18)29-22(33)15-36-23-6-4-5-11-35-23)30-20-7-9-27-24(31-20)32-10-8-25(3,34)19(26)14-32/h7,9,12-13,16,19,23,34H,4-6,8,10-11,14-15H2,1-3H3,(H,27,28,30,31)/t19-,23?,25+/m1/s1. The second kappa shape index (κ2) is 10.2. The van der Waals surface area contributed by atoms with Gasteiger partial charge in [-0.1, -0.05) is 0 Å². The van der Waals surface area contributed by atoms with Gasteiger partial charge in [-0.2, -0.15) is 4.98 Å². The highest BCUT2D eigenvalue weighted by atomic mass is 19.1. The van der Waals surface area contributed by atoms with Crippen molar-refractivity contribution in [2.75, 3.05) is 29.9 Å². The van der Waals surface area contributed by atoms with Gasteiger partial charge in [-0.05, 0) is 52.5 Å². The van der Waals surface area contributed by atoms with Crippen LogP contribution in [0.4, 0.5) is 22.0 Å². The average Bonchev–Trinajstić information content (AvgIpc) is 3.23. The maximum Gasteiger partial charge on any atom is 0.227 e. The Bertz CT molecular complexity index is 1200. The minimum absolute atomic E-state index is 0.0466. The van der Waals surface area contributed by atoms with Gasteiger partial charge in [-0.3, -0.25) is 0 Å². The first kappa shape index (κ1) is 24.8. The van der Waals surface area contributed by atoms with E-state index in [2.05, 4.69) is 38.7 Å². The summed E-state index contributed by atoms with van der Waals surface area (Å²) in [7, 11) is 0. The fourth-order valence-electron chi connectivity index (χ4n) is 4.69. The van der Waals surface area contributed by atoms with Crippen LogP contribution < -0.4 is 10.2 Å². The second-order valence-corrected chi connectivity index (χ2v) is 10.0. The van der Waals surface area contributed by atoms with Crippen molar-refractivity contribution >= 4 is 28.6 Å². The maximum atomic E-state index is 14.4. The Balaban J connectivity index is 1.34. The van der Waals surface area contributed by atoms with Crippen LogP contribution in [-0.4, -0.2) is 67.4 Å². The molecular weight excluding hydrogens is 465 g/mol. The third-order valence-electron chi connectivity index (χ3n) is 6.83. The fraction of sp³-hybridized carbons (Fsp3) is 0.600. The lowest BCUT2D eigenvalue weighted by Crippen LogP contribution is -2.52. The molecule has 0 spiro atoms. The number of ether oxygens (including phenoxy) is 2. The SMILES string of the molecule is CC(C)n1c(COC2CCCCO2)nc2cnc(Nc3ccnc(N4CC[C@](C)(O)[C@H](F)C4)n3)cc21. The van der Waals surface area contributed by atoms with E-state index in [1.165, 1.54) is 6.92 Å². The fourth-order valence-corrected chi connectivity index (χ4v) is 4.69. The number of nitrogens with one attached hydrogen (secondary N) is 1. The number of rotatable bonds is 7. The van der Waals surface area contributed by atoms with Crippen LogP contribution in [0.5, 0.6) is 0 Å². The number of aliphatic hydroxyl groups is 1. The summed E-state index contributed by atoms with van der Waals surface area (Å²) in [6, 6.07) is 3.86. The molecule has 0 radical (unpaired) electrons. The number of nitrogens with zero attached hydrogens (tertiary/aromatic N) is 6. The Morgan fingerprint density at radius 2 is 2.14 bits per heavy atom. The number of hydrogen-bond acceptors (Lipinski definition) is 9. The molecule has 36 heavy (non-hydrogen) atoms. The molecule has 0 amide bonds. The molecule has 3 atom stereocenters. The van der Waals surface area contributed by atoms with Crippen molar-refractivity contribution in [1.82, 2.24) is 24.5 Å². The van der Waals surface area contributed by atoms with Crippen LogP contribution in [0.2, 0.25) is 0 Å². The zero-order valence-electron chi connectivity index (χ0n) is 21.0. The van der Waals surface area contributed by atoms with Crippen molar-refractivity contribution in [3.63, 3.8) is 0 Å². The van der Waals surface area contributed by atoms with Crippen molar-refractivity contribution in [2.45, 2.75) is 77.2 Å². The van der Waals surface area contributed by atoms with Gasteiger partial charge in [0.15, 0.2) is 6.29 Å². The van der Waals surface area contributed by atoms with Crippen LogP contribution in [0.1, 0.15) is 58.3 Å². The summed E-state index contributed by atoms with van der Waals surface area (Å²) >= 11 is 0. The molecule has 2 fully saturated rings. The van der Waals surface area contributed by atoms with E-state index in [1.54, 1.807) is 23.4 Å². The number of piperidine rings is 1. The first-order chi connectivity index (χ1) is 17.3. The largest absolute Gasteiger partial charge is 0.387 e. The number of pyridine rings is 1. The summed E-state index contributed by atoms with van der Waals surface area (Å²) in [6.07, 6.45) is 5.23. The summed E-state index contributed by atoms with van der Waals surface area (Å²) < 4.78 is 28.2. The number of aromatic nitrogens is 5. The summed E-state index contributed by atoms with van der Waals surface area (Å²) in [6.45, 7) is 7.38. The Morgan fingerprint density at radius 3 is 2.89 bits per heavy atom. The topological polar surface area (TPSA) is 110 Å². The maximum absolute atomic E-state index is 14.4. The van der Waals surface area contributed by atoms with Crippen LogP contribution in [0.25, 0.3) is 11.0 Å². The number of fused-ring (bicyclic) bond motifs is 1. The minimum Gasteiger partial charge on any atom is -0.387 e. The summed E-state index contributed by atoms with van der Waals surface area (Å²) in [4.78, 5) is 19.9. The molecule has 2 aliphatic rings. The summed E-state index contributed by atoms with van der Waals surface area (Å²) in [5.74, 6) is 2.41. The molecule has 2 saturated heterocycles. The minimum atomic E-state index is -1.37. The molecule has 0 aliphatic carbocycles. The molecule has 194 valence electrons. The molecule has 2 N–H and O–H groups in total. The summed E-state index contributed by atoms with van der Waals surface area (Å²) in [5.41, 5.74) is 0.409. The molecule has 3 aromatic heterocycles. The van der Waals surface area contributed by atoms with Crippen molar-refractivity contribution in [3.8, 4) is 0 Å². The molecule has 2 aliphatic heterocycles. The third kappa shape index (κ3) is 5.28. The van der Waals surface area contributed by atoms with Gasteiger partial charge in [0, 0.05) is 31.5 Å². The first-order valence-corrected chi connectivity index (χ1v) is 12.6. The third-order valence-corrected chi connectivity index (χ3v) is 6.83. The van der Waals surface area contributed by atoms with Gasteiger partial charge >= 0.3 is 0 Å². The highest BCUT2D eigenvalue weighted by Crippen LogP contribution is 2.28. The second-order valence-electron chi connectivity index (χ2n) is 10.0. The van der Waals surface area contributed by atoms with Gasteiger partial charge in [-0.25, -0.2) is 19.3 Å². The molecule has 0 bridgehead atoms. The molecule has 5 heterocycles. The smallest absolute Gasteiger partial charge is 0.227 e. The van der Waals surface area contributed by atoms with E-state index in [4.69, 9.17) is 14.5 Å². The van der Waals surface area contributed by atoms with E-state index < -0.39 is 11.8 Å². The van der Waals surface area contributed by atoms with Gasteiger partial charge in [0.25, 0.3) is 0 Å². The summed E-state index contributed by atoms with van der Waals surface area (Å²) in [5, 5.41) is 13.4. The lowest BCUT2D eigenvalue weighted by molar-refractivity contribution is -0.170. The van der Waals surface area contributed by atoms with E-state index in [9.17, 15) is 9.50 Å². The van der Waals surface area contributed by atoms with E-state index >= 15 is 0 Å². The van der Waals surface area contributed by atoms with Crippen LogP contribution in [0, 0.1) is 0 Å². The highest BCUT2D eigenvalue weighted by molar-refractivity contribution is 5.79. The first-order valence-electron chi connectivity index (χ1n) is 12.6. The predicted octanol–water partition coefficient (Wildman–Crippen LogP) is 3.89. The number of anilines is 3. The zero-order chi connectivity index (χ0) is 25.3. The quantitative estimate of drug-likeness (QED) is 0.500. The van der Waals surface area contributed by atoms with Crippen molar-refractivity contribution < 1.29 is 19.0 Å². The normalized spacial score (nSPS) is 25.0. The van der Waals surface area contributed by atoms with Crippen molar-refractivity contribution in [1.29, 1.82) is 0 Å². The number of hydrogen-bond donors (Lipinski definition) is 2. The molecule has 1 unspecified atom stereocenters. The van der Waals surface area contributed by atoms with Crippen molar-refractivity contribution in [2.24, 2.45) is 0 Å². The van der Waals surface area contributed by atoms with Gasteiger partial charge in [0.2, 0.25) is 5.95 Å². The van der Waals surface area contributed by atoms with Gasteiger partial charge < -0.3 is 29.4 Å². The van der Waals surface area contributed by atoms with E-state index in [-0.39, 0.29) is 18.9 Å². The molecule has 10 nitrogen and oxygen atoms in total. The Hall–Kier alpha value is -2.89. The molecular formula is C25H34FN7O3. The van der Waals surface area contributed by atoms with Crippen molar-refractivity contribution in [3.05, 3.63) is 30.4 Å². The molecule has 5 rings (SSSR count). The van der Waals surface area contributed by atoms with Crippen LogP contribution >= 0.6 is 0 Å². The number of imidazole rings is 1. The van der Waals surface area contributed by atoms with Gasteiger partial charge in [-0.15, -0.1) is 0 Å². The van der Waals surface area contributed by atoms with E-state index in [0.29, 0.717) is 37.2 Å². The van der Waals surface area contributed by atoms with Gasteiger partial charge in [0.1, 0.15) is 35.8 Å². The van der Waals surface area contributed by atoms with Crippen LogP contribution in [0.3, 0.4) is 0 Å². The number of alkyl halides is 1. The Kier molecular flexibility index (Phi) is 7.05. The molecule has 0 saturated carbocycles. The number of halogens is 1. The van der Waals surface area contributed by atoms with Gasteiger partial charge in [0.05, 0.1) is 23.9 Å². The van der Waals surface area contributed by atoms with E-state index in [1.807, 2.05) is 6.07 Å².